The lowest BCUT2D eigenvalue weighted by Crippen LogP contribution is -2.46. The number of amides is 1. The molecule has 0 radical (unpaired) electrons. The SMILES string of the molecule is COc1ccc(-c2nc(C(=O)N3Cc4ccccc4C[C@@H]3CO)c(CN)o2)c2ccc(C(F)(F)F)nc12. The van der Waals surface area contributed by atoms with E-state index in [-0.39, 0.29) is 48.3 Å². The Kier molecular flexibility index (Phi) is 6.34. The number of hydrogen-bond donors (Lipinski definition) is 2. The fourth-order valence-electron chi connectivity index (χ4n) is 4.60. The predicted octanol–water partition coefficient (Wildman–Crippen LogP) is 3.94. The third-order valence-electron chi connectivity index (χ3n) is 6.47. The molecule has 1 atom stereocenters. The Morgan fingerprint density at radius 3 is 2.59 bits per heavy atom. The van der Waals surface area contributed by atoms with Crippen LogP contribution in [0.25, 0.3) is 22.4 Å². The second-order valence-electron chi connectivity index (χ2n) is 8.64. The highest BCUT2D eigenvalue weighted by Crippen LogP contribution is 2.37. The van der Waals surface area contributed by atoms with E-state index in [0.717, 1.165) is 17.2 Å². The molecule has 0 saturated carbocycles. The van der Waals surface area contributed by atoms with Crippen molar-refractivity contribution in [3.8, 4) is 17.2 Å². The van der Waals surface area contributed by atoms with Crippen molar-refractivity contribution in [3.63, 3.8) is 0 Å². The molecule has 2 aromatic carbocycles. The van der Waals surface area contributed by atoms with Crippen molar-refractivity contribution in [2.24, 2.45) is 5.73 Å². The van der Waals surface area contributed by atoms with Gasteiger partial charge in [0.1, 0.15) is 17.0 Å². The Labute approximate surface area is 209 Å². The number of nitrogens with two attached hydrogens (primary N) is 1. The molecule has 1 aliphatic rings. The molecular weight excluding hydrogens is 489 g/mol. The van der Waals surface area contributed by atoms with Gasteiger partial charge in [-0.1, -0.05) is 24.3 Å². The zero-order chi connectivity index (χ0) is 26.3. The Bertz CT molecular complexity index is 1480. The highest BCUT2D eigenvalue weighted by molar-refractivity contribution is 5.98. The standard InChI is InChI=1S/C26H23F3N4O4/c1-36-19-8-6-18(17-7-9-21(26(27,28)29)31-22(17)19)24-32-23(20(11-30)37-24)25(35)33-12-15-5-3-2-4-14(15)10-16(33)13-34/h2-9,16,34H,10-13,30H2,1H3/t16-/m1/s1. The van der Waals surface area contributed by atoms with E-state index in [0.29, 0.717) is 17.4 Å². The van der Waals surface area contributed by atoms with Crippen molar-refractivity contribution in [2.45, 2.75) is 31.7 Å². The summed E-state index contributed by atoms with van der Waals surface area (Å²) in [5, 5.41) is 10.3. The third-order valence-corrected chi connectivity index (χ3v) is 6.47. The molecule has 2 aromatic heterocycles. The van der Waals surface area contributed by atoms with Gasteiger partial charge in [0.05, 0.1) is 26.3 Å². The molecule has 0 spiro atoms. The lowest BCUT2D eigenvalue weighted by Gasteiger charge is -2.35. The van der Waals surface area contributed by atoms with Crippen molar-refractivity contribution in [1.82, 2.24) is 14.9 Å². The van der Waals surface area contributed by atoms with E-state index >= 15 is 0 Å². The van der Waals surface area contributed by atoms with Crippen LogP contribution in [0.3, 0.4) is 0 Å². The summed E-state index contributed by atoms with van der Waals surface area (Å²) in [6.45, 7) is -0.0893. The summed E-state index contributed by atoms with van der Waals surface area (Å²) in [7, 11) is 1.33. The molecule has 192 valence electrons. The molecule has 0 bridgehead atoms. The average molecular weight is 512 g/mol. The van der Waals surface area contributed by atoms with Gasteiger partial charge < -0.3 is 24.9 Å². The number of carbonyl (C=O) groups is 1. The largest absolute Gasteiger partial charge is 0.494 e. The van der Waals surface area contributed by atoms with E-state index in [1.165, 1.54) is 24.1 Å². The number of carbonyl (C=O) groups excluding carboxylic acids is 1. The summed E-state index contributed by atoms with van der Waals surface area (Å²) in [5.74, 6) is -0.181. The van der Waals surface area contributed by atoms with E-state index in [2.05, 4.69) is 9.97 Å². The number of hydrogen-bond acceptors (Lipinski definition) is 7. The minimum atomic E-state index is -4.64. The molecule has 0 unspecified atom stereocenters. The van der Waals surface area contributed by atoms with Gasteiger partial charge in [0.15, 0.2) is 11.5 Å². The number of ether oxygens (including phenoxy) is 1. The number of aromatic nitrogens is 2. The Hall–Kier alpha value is -3.96. The predicted molar refractivity (Wildman–Crippen MR) is 128 cm³/mol. The molecule has 4 aromatic rings. The minimum Gasteiger partial charge on any atom is -0.494 e. The van der Waals surface area contributed by atoms with Gasteiger partial charge in [-0.3, -0.25) is 4.79 Å². The van der Waals surface area contributed by atoms with E-state index in [1.54, 1.807) is 6.07 Å². The van der Waals surface area contributed by atoms with Crippen LogP contribution in [0.5, 0.6) is 5.75 Å². The Balaban J connectivity index is 1.57. The van der Waals surface area contributed by atoms with Gasteiger partial charge in [0.2, 0.25) is 5.89 Å². The number of alkyl halides is 3. The number of oxazole rings is 1. The monoisotopic (exact) mass is 512 g/mol. The highest BCUT2D eigenvalue weighted by Gasteiger charge is 2.35. The van der Waals surface area contributed by atoms with Crippen LogP contribution in [0.4, 0.5) is 13.2 Å². The maximum atomic E-state index is 13.6. The first-order valence-corrected chi connectivity index (χ1v) is 11.5. The molecule has 8 nitrogen and oxygen atoms in total. The van der Waals surface area contributed by atoms with Gasteiger partial charge in [-0.2, -0.15) is 13.2 Å². The summed E-state index contributed by atoms with van der Waals surface area (Å²) in [6.07, 6.45) is -4.15. The number of aliphatic hydroxyl groups excluding tert-OH is 1. The molecule has 37 heavy (non-hydrogen) atoms. The molecule has 0 aliphatic carbocycles. The van der Waals surface area contributed by atoms with Gasteiger partial charge in [0.25, 0.3) is 5.91 Å². The number of rotatable bonds is 5. The topological polar surface area (TPSA) is 115 Å². The fraction of sp³-hybridized carbons (Fsp3) is 0.269. The lowest BCUT2D eigenvalue weighted by molar-refractivity contribution is -0.140. The van der Waals surface area contributed by atoms with Crippen molar-refractivity contribution < 1.29 is 32.2 Å². The van der Waals surface area contributed by atoms with Crippen LogP contribution >= 0.6 is 0 Å². The second kappa shape index (κ2) is 9.49. The van der Waals surface area contributed by atoms with Gasteiger partial charge >= 0.3 is 6.18 Å². The first-order valence-electron chi connectivity index (χ1n) is 11.5. The second-order valence-corrected chi connectivity index (χ2v) is 8.64. The molecule has 0 saturated heterocycles. The molecule has 3 N–H and O–H groups in total. The van der Waals surface area contributed by atoms with Crippen LogP contribution in [-0.2, 0) is 25.7 Å². The van der Waals surface area contributed by atoms with Crippen molar-refractivity contribution in [3.05, 3.63) is 76.8 Å². The van der Waals surface area contributed by atoms with Crippen LogP contribution in [-0.4, -0.2) is 45.6 Å². The first-order chi connectivity index (χ1) is 17.7. The molecular formula is C26H23F3N4O4. The zero-order valence-corrected chi connectivity index (χ0v) is 19.7. The summed E-state index contributed by atoms with van der Waals surface area (Å²) >= 11 is 0. The highest BCUT2D eigenvalue weighted by atomic mass is 19.4. The number of pyridine rings is 1. The number of halogens is 3. The Morgan fingerprint density at radius 1 is 1.16 bits per heavy atom. The van der Waals surface area contributed by atoms with Crippen molar-refractivity contribution >= 4 is 16.8 Å². The number of fused-ring (bicyclic) bond motifs is 2. The summed E-state index contributed by atoms with van der Waals surface area (Å²) in [5.41, 5.74) is 7.11. The maximum absolute atomic E-state index is 13.6. The first kappa shape index (κ1) is 24.7. The summed E-state index contributed by atoms with van der Waals surface area (Å²) < 4.78 is 50.9. The fourth-order valence-corrected chi connectivity index (χ4v) is 4.60. The van der Waals surface area contributed by atoms with Crippen LogP contribution in [0.2, 0.25) is 0 Å². The smallest absolute Gasteiger partial charge is 0.433 e. The van der Waals surface area contributed by atoms with Gasteiger partial charge in [-0.15, -0.1) is 0 Å². The molecule has 11 heteroatoms. The van der Waals surface area contributed by atoms with Gasteiger partial charge in [-0.25, -0.2) is 9.97 Å². The molecule has 5 rings (SSSR count). The number of nitrogens with zero attached hydrogens (tertiary/aromatic N) is 3. The number of aliphatic hydroxyl groups is 1. The van der Waals surface area contributed by atoms with E-state index in [9.17, 15) is 23.1 Å². The molecule has 1 amide bonds. The lowest BCUT2D eigenvalue weighted by atomic mass is 9.94. The zero-order valence-electron chi connectivity index (χ0n) is 19.7. The van der Waals surface area contributed by atoms with Crippen LogP contribution in [0.1, 0.15) is 33.1 Å². The third kappa shape index (κ3) is 4.40. The number of methoxy groups -OCH3 is 1. The van der Waals surface area contributed by atoms with Crippen molar-refractivity contribution in [2.75, 3.05) is 13.7 Å². The quantitative estimate of drug-likeness (QED) is 0.416. The van der Waals surface area contributed by atoms with E-state index in [4.69, 9.17) is 14.9 Å². The van der Waals surface area contributed by atoms with Crippen LogP contribution in [0, 0.1) is 0 Å². The van der Waals surface area contributed by atoms with Crippen molar-refractivity contribution in [1.29, 1.82) is 0 Å². The summed E-state index contributed by atoms with van der Waals surface area (Å²) in [4.78, 5) is 23.3. The van der Waals surface area contributed by atoms with Crippen LogP contribution in [0.15, 0.2) is 52.9 Å². The van der Waals surface area contributed by atoms with Gasteiger partial charge in [-0.05, 0) is 41.8 Å². The molecule has 0 fully saturated rings. The number of benzene rings is 2. The van der Waals surface area contributed by atoms with Gasteiger partial charge in [0, 0.05) is 17.5 Å². The Morgan fingerprint density at radius 2 is 1.92 bits per heavy atom. The minimum absolute atomic E-state index is 0.0102. The van der Waals surface area contributed by atoms with Crippen LogP contribution < -0.4 is 10.5 Å². The molecule has 3 heterocycles. The normalized spacial score (nSPS) is 15.6. The van der Waals surface area contributed by atoms with E-state index in [1.807, 2.05) is 24.3 Å². The summed E-state index contributed by atoms with van der Waals surface area (Å²) in [6, 6.07) is 12.4. The maximum Gasteiger partial charge on any atom is 0.433 e. The molecule has 1 aliphatic heterocycles. The average Bonchev–Trinajstić information content (AvgIpc) is 3.34. The van der Waals surface area contributed by atoms with E-state index < -0.39 is 23.8 Å².